The Hall–Kier alpha value is -3.94. The van der Waals surface area contributed by atoms with Gasteiger partial charge in [0.25, 0.3) is 5.91 Å². The number of nitrogens with one attached hydrogen (secondary N) is 3. The Morgan fingerprint density at radius 3 is 2.53 bits per heavy atom. The maximum atomic E-state index is 13.7. The summed E-state index contributed by atoms with van der Waals surface area (Å²) in [4.78, 5) is 30.9. The van der Waals surface area contributed by atoms with Crippen molar-refractivity contribution in [3.05, 3.63) is 83.9 Å². The Labute approximate surface area is 173 Å². The first-order valence-corrected chi connectivity index (χ1v) is 9.25. The molecule has 30 heavy (non-hydrogen) atoms. The molecule has 7 nitrogen and oxygen atoms in total. The molecule has 3 aromatic rings. The number of carbonyl (C=O) groups excluding carboxylic acids is 2. The number of urea groups is 1. The van der Waals surface area contributed by atoms with E-state index in [-0.39, 0.29) is 11.6 Å². The van der Waals surface area contributed by atoms with Crippen LogP contribution in [0.4, 0.5) is 26.2 Å². The van der Waals surface area contributed by atoms with Crippen molar-refractivity contribution in [1.29, 1.82) is 0 Å². The van der Waals surface area contributed by atoms with Gasteiger partial charge in [-0.25, -0.2) is 9.18 Å². The molecule has 0 fully saturated rings. The molecule has 8 heteroatoms. The maximum Gasteiger partial charge on any atom is 0.323 e. The van der Waals surface area contributed by atoms with Crippen LogP contribution >= 0.6 is 0 Å². The highest BCUT2D eigenvalue weighted by Crippen LogP contribution is 2.23. The van der Waals surface area contributed by atoms with Crippen molar-refractivity contribution >= 4 is 29.0 Å². The number of para-hydroxylation sites is 1. The van der Waals surface area contributed by atoms with E-state index in [1.54, 1.807) is 42.7 Å². The van der Waals surface area contributed by atoms with Gasteiger partial charge in [0.2, 0.25) is 0 Å². The lowest BCUT2D eigenvalue weighted by molar-refractivity contribution is 0.0951. The number of rotatable bonds is 6. The molecule has 2 aromatic carbocycles. The van der Waals surface area contributed by atoms with Gasteiger partial charge < -0.3 is 20.9 Å². The lowest BCUT2D eigenvalue weighted by Crippen LogP contribution is -2.26. The van der Waals surface area contributed by atoms with Gasteiger partial charge in [0.15, 0.2) is 0 Å². The van der Waals surface area contributed by atoms with Crippen LogP contribution < -0.4 is 20.9 Å². The molecule has 1 aromatic heterocycles. The van der Waals surface area contributed by atoms with Crippen molar-refractivity contribution in [3.63, 3.8) is 0 Å². The van der Waals surface area contributed by atoms with Gasteiger partial charge in [-0.05, 0) is 42.0 Å². The second-order valence-corrected chi connectivity index (χ2v) is 6.73. The number of halogens is 1. The predicted octanol–water partition coefficient (Wildman–Crippen LogP) is 3.86. The molecule has 0 saturated heterocycles. The minimum Gasteiger partial charge on any atom is -0.377 e. The molecule has 3 N–H and O–H groups in total. The van der Waals surface area contributed by atoms with Crippen molar-refractivity contribution in [2.24, 2.45) is 0 Å². The summed E-state index contributed by atoms with van der Waals surface area (Å²) >= 11 is 0. The van der Waals surface area contributed by atoms with E-state index < -0.39 is 11.8 Å². The van der Waals surface area contributed by atoms with Crippen molar-refractivity contribution in [1.82, 2.24) is 10.3 Å². The molecule has 1 heterocycles. The molecule has 0 aliphatic heterocycles. The molecular weight excluding hydrogens is 385 g/mol. The number of amides is 3. The highest BCUT2D eigenvalue weighted by molar-refractivity contribution is 6.04. The third-order valence-electron chi connectivity index (χ3n) is 4.28. The number of carbonyl (C=O) groups is 2. The summed E-state index contributed by atoms with van der Waals surface area (Å²) in [5, 5.41) is 7.93. The minimum atomic E-state index is -0.612. The number of aromatic nitrogens is 1. The fraction of sp³-hybridized carbons (Fsp3) is 0.136. The van der Waals surface area contributed by atoms with Crippen LogP contribution in [0.3, 0.4) is 0 Å². The Balaban J connectivity index is 1.74. The van der Waals surface area contributed by atoms with Crippen LogP contribution in [0.1, 0.15) is 15.9 Å². The first kappa shape index (κ1) is 20.8. The summed E-state index contributed by atoms with van der Waals surface area (Å²) in [6, 6.07) is 13.9. The van der Waals surface area contributed by atoms with E-state index >= 15 is 0 Å². The van der Waals surface area contributed by atoms with E-state index in [1.165, 1.54) is 18.2 Å². The summed E-state index contributed by atoms with van der Waals surface area (Å²) in [5.74, 6) is -0.827. The van der Waals surface area contributed by atoms with E-state index in [2.05, 4.69) is 20.9 Å². The van der Waals surface area contributed by atoms with Crippen molar-refractivity contribution < 1.29 is 14.0 Å². The molecule has 3 rings (SSSR count). The molecule has 0 atom stereocenters. The standard InChI is InChI=1S/C22H22FN5O2/c1-28(2)20-10-9-16(26-22(30)27-19-8-4-3-7-18(19)23)12-17(20)21(29)25-14-15-6-5-11-24-13-15/h3-13H,14H2,1-2H3,(H,25,29)(H2,26,27,30). The summed E-state index contributed by atoms with van der Waals surface area (Å²) in [5.41, 5.74) is 2.43. The maximum absolute atomic E-state index is 13.7. The average Bonchev–Trinajstić information content (AvgIpc) is 2.74. The zero-order chi connectivity index (χ0) is 21.5. The number of hydrogen-bond acceptors (Lipinski definition) is 4. The van der Waals surface area contributed by atoms with Crippen LogP contribution in [0.15, 0.2) is 67.0 Å². The fourth-order valence-electron chi connectivity index (χ4n) is 2.81. The van der Waals surface area contributed by atoms with Crippen LogP contribution in [0.5, 0.6) is 0 Å². The third kappa shape index (κ3) is 5.32. The van der Waals surface area contributed by atoms with E-state index in [4.69, 9.17) is 0 Å². The zero-order valence-corrected chi connectivity index (χ0v) is 16.6. The second kappa shape index (κ2) is 9.51. The Morgan fingerprint density at radius 1 is 1.03 bits per heavy atom. The van der Waals surface area contributed by atoms with Crippen LogP contribution in [0, 0.1) is 5.82 Å². The molecule has 0 saturated carbocycles. The summed E-state index contributed by atoms with van der Waals surface area (Å²) in [7, 11) is 3.65. The largest absolute Gasteiger partial charge is 0.377 e. The quantitative estimate of drug-likeness (QED) is 0.579. The van der Waals surface area contributed by atoms with E-state index in [0.717, 1.165) is 5.56 Å². The predicted molar refractivity (Wildman–Crippen MR) is 115 cm³/mol. The molecular formula is C22H22FN5O2. The number of benzene rings is 2. The van der Waals surface area contributed by atoms with E-state index in [1.807, 2.05) is 25.1 Å². The summed E-state index contributed by atoms with van der Waals surface area (Å²) in [6.45, 7) is 0.324. The second-order valence-electron chi connectivity index (χ2n) is 6.73. The van der Waals surface area contributed by atoms with Crippen molar-refractivity contribution in [2.45, 2.75) is 6.54 Å². The molecule has 0 aliphatic rings. The SMILES string of the molecule is CN(C)c1ccc(NC(=O)Nc2ccccc2F)cc1C(=O)NCc1cccnc1. The normalized spacial score (nSPS) is 10.2. The average molecular weight is 407 g/mol. The van der Waals surface area contributed by atoms with Gasteiger partial charge in [-0.15, -0.1) is 0 Å². The van der Waals surface area contributed by atoms with Crippen LogP contribution in [-0.4, -0.2) is 31.0 Å². The lowest BCUT2D eigenvalue weighted by Gasteiger charge is -2.18. The fourth-order valence-corrected chi connectivity index (χ4v) is 2.81. The van der Waals surface area contributed by atoms with Crippen LogP contribution in [0.25, 0.3) is 0 Å². The zero-order valence-electron chi connectivity index (χ0n) is 16.6. The molecule has 0 spiro atoms. The monoisotopic (exact) mass is 407 g/mol. The van der Waals surface area contributed by atoms with Gasteiger partial charge in [0.1, 0.15) is 5.82 Å². The van der Waals surface area contributed by atoms with Gasteiger partial charge >= 0.3 is 6.03 Å². The Kier molecular flexibility index (Phi) is 6.59. The minimum absolute atomic E-state index is 0.0642. The highest BCUT2D eigenvalue weighted by atomic mass is 19.1. The molecule has 0 unspecified atom stereocenters. The number of nitrogens with zero attached hydrogens (tertiary/aromatic N) is 2. The molecule has 0 bridgehead atoms. The molecule has 3 amide bonds. The van der Waals surface area contributed by atoms with Gasteiger partial charge in [-0.2, -0.15) is 0 Å². The molecule has 154 valence electrons. The Bertz CT molecular complexity index is 1040. The van der Waals surface area contributed by atoms with Crippen LogP contribution in [0.2, 0.25) is 0 Å². The Morgan fingerprint density at radius 2 is 1.83 bits per heavy atom. The van der Waals surface area contributed by atoms with Gasteiger partial charge in [-0.3, -0.25) is 9.78 Å². The van der Waals surface area contributed by atoms with Crippen molar-refractivity contribution in [3.8, 4) is 0 Å². The van der Waals surface area contributed by atoms with Crippen molar-refractivity contribution in [2.75, 3.05) is 29.6 Å². The molecule has 0 radical (unpaired) electrons. The number of hydrogen-bond donors (Lipinski definition) is 3. The topological polar surface area (TPSA) is 86.4 Å². The highest BCUT2D eigenvalue weighted by Gasteiger charge is 2.15. The van der Waals surface area contributed by atoms with E-state index in [0.29, 0.717) is 23.5 Å². The first-order chi connectivity index (χ1) is 14.4. The summed E-state index contributed by atoms with van der Waals surface area (Å²) < 4.78 is 13.7. The molecule has 0 aliphatic carbocycles. The van der Waals surface area contributed by atoms with Gasteiger partial charge in [-0.1, -0.05) is 18.2 Å². The lowest BCUT2D eigenvalue weighted by atomic mass is 10.1. The first-order valence-electron chi connectivity index (χ1n) is 9.25. The third-order valence-corrected chi connectivity index (χ3v) is 4.28. The number of pyridine rings is 1. The summed E-state index contributed by atoms with van der Waals surface area (Å²) in [6.07, 6.45) is 3.34. The van der Waals surface area contributed by atoms with E-state index in [9.17, 15) is 14.0 Å². The van der Waals surface area contributed by atoms with Crippen LogP contribution in [-0.2, 0) is 6.54 Å². The number of anilines is 3. The van der Waals surface area contributed by atoms with Gasteiger partial charge in [0.05, 0.1) is 11.3 Å². The van der Waals surface area contributed by atoms with Gasteiger partial charge in [0, 0.05) is 44.4 Å². The smallest absolute Gasteiger partial charge is 0.323 e.